The molecule has 0 heterocycles. The topological polar surface area (TPSA) is 26.3 Å². The van der Waals surface area contributed by atoms with Crippen molar-refractivity contribution in [2.45, 2.75) is 11.5 Å². The highest BCUT2D eigenvalue weighted by Crippen LogP contribution is 2.33. The molecule has 0 fully saturated rings. The summed E-state index contributed by atoms with van der Waals surface area (Å²) < 4.78 is 42.0. The zero-order valence-corrected chi connectivity index (χ0v) is 9.85. The lowest BCUT2D eigenvalue weighted by Gasteiger charge is -2.12. The first-order chi connectivity index (χ1) is 7.40. The van der Waals surface area contributed by atoms with Crippen LogP contribution in [0.3, 0.4) is 0 Å². The van der Waals surface area contributed by atoms with Crippen LogP contribution in [0.2, 0.25) is 0 Å². The van der Waals surface area contributed by atoms with Gasteiger partial charge < -0.3 is 4.74 Å². The number of carbonyl (C=O) groups excluding carboxylic acids is 1. The van der Waals surface area contributed by atoms with Crippen LogP contribution in [-0.4, -0.2) is 13.1 Å². The SMILES string of the molecule is COC(=O)c1cc(CBr)ccc1C(F)(F)F. The molecular formula is C10H8BrF3O2. The van der Waals surface area contributed by atoms with Crippen LogP contribution in [0.15, 0.2) is 18.2 Å². The van der Waals surface area contributed by atoms with Gasteiger partial charge >= 0.3 is 12.1 Å². The van der Waals surface area contributed by atoms with Crippen molar-refractivity contribution in [2.24, 2.45) is 0 Å². The second kappa shape index (κ2) is 4.86. The lowest BCUT2D eigenvalue weighted by atomic mass is 10.0. The molecule has 2 nitrogen and oxygen atoms in total. The summed E-state index contributed by atoms with van der Waals surface area (Å²) in [6, 6.07) is 3.36. The molecule has 1 aromatic carbocycles. The predicted molar refractivity (Wildman–Crippen MR) is 55.4 cm³/mol. The quantitative estimate of drug-likeness (QED) is 0.618. The minimum absolute atomic E-state index is 0.370. The molecule has 1 rings (SSSR count). The molecule has 6 heteroatoms. The summed E-state index contributed by atoms with van der Waals surface area (Å²) in [6.45, 7) is 0. The van der Waals surface area contributed by atoms with Crippen LogP contribution >= 0.6 is 15.9 Å². The molecule has 0 spiro atoms. The van der Waals surface area contributed by atoms with Crippen LogP contribution in [-0.2, 0) is 16.2 Å². The number of methoxy groups -OCH3 is 1. The van der Waals surface area contributed by atoms with Crippen molar-refractivity contribution in [1.29, 1.82) is 0 Å². The Morgan fingerprint density at radius 3 is 2.50 bits per heavy atom. The van der Waals surface area contributed by atoms with Crippen molar-refractivity contribution < 1.29 is 22.7 Å². The van der Waals surface area contributed by atoms with Gasteiger partial charge in [-0.1, -0.05) is 22.0 Å². The van der Waals surface area contributed by atoms with E-state index in [1.165, 1.54) is 12.1 Å². The maximum Gasteiger partial charge on any atom is 0.417 e. The predicted octanol–water partition coefficient (Wildman–Crippen LogP) is 3.39. The zero-order chi connectivity index (χ0) is 12.3. The molecule has 0 N–H and O–H groups in total. The van der Waals surface area contributed by atoms with Gasteiger partial charge in [0.2, 0.25) is 0 Å². The first kappa shape index (κ1) is 13.0. The highest BCUT2D eigenvalue weighted by Gasteiger charge is 2.35. The standard InChI is InChI=1S/C10H8BrF3O2/c1-16-9(15)7-4-6(5-11)2-3-8(7)10(12,13)14/h2-4H,5H2,1H3. The normalized spacial score (nSPS) is 11.3. The Hall–Kier alpha value is -1.04. The van der Waals surface area contributed by atoms with Gasteiger partial charge in [-0.15, -0.1) is 0 Å². The highest BCUT2D eigenvalue weighted by molar-refractivity contribution is 9.08. The van der Waals surface area contributed by atoms with E-state index in [2.05, 4.69) is 20.7 Å². The third-order valence-electron chi connectivity index (χ3n) is 1.95. The second-order valence-electron chi connectivity index (χ2n) is 3.00. The average Bonchev–Trinajstić information content (AvgIpc) is 2.25. The van der Waals surface area contributed by atoms with Crippen molar-refractivity contribution >= 4 is 21.9 Å². The maximum absolute atomic E-state index is 12.6. The first-order valence-electron chi connectivity index (χ1n) is 4.24. The fourth-order valence-corrected chi connectivity index (χ4v) is 1.55. The molecule has 0 saturated heterocycles. The third kappa shape index (κ3) is 2.75. The van der Waals surface area contributed by atoms with E-state index in [1.54, 1.807) is 0 Å². The van der Waals surface area contributed by atoms with Crippen LogP contribution in [0.4, 0.5) is 13.2 Å². The van der Waals surface area contributed by atoms with Gasteiger partial charge in [0, 0.05) is 5.33 Å². The van der Waals surface area contributed by atoms with E-state index in [-0.39, 0.29) is 0 Å². The summed E-state index contributed by atoms with van der Waals surface area (Å²) in [5, 5.41) is 0.370. The Morgan fingerprint density at radius 2 is 2.06 bits per heavy atom. The maximum atomic E-state index is 12.6. The van der Waals surface area contributed by atoms with Gasteiger partial charge in [0.15, 0.2) is 0 Å². The van der Waals surface area contributed by atoms with Crippen LogP contribution in [0.1, 0.15) is 21.5 Å². The molecule has 0 aliphatic rings. The minimum Gasteiger partial charge on any atom is -0.465 e. The van der Waals surface area contributed by atoms with Gasteiger partial charge in [0.05, 0.1) is 18.2 Å². The van der Waals surface area contributed by atoms with Gasteiger partial charge in [0.1, 0.15) is 0 Å². The number of halogens is 4. The van der Waals surface area contributed by atoms with Gasteiger partial charge in [-0.25, -0.2) is 4.79 Å². The highest BCUT2D eigenvalue weighted by atomic mass is 79.9. The number of rotatable bonds is 2. The van der Waals surface area contributed by atoms with Gasteiger partial charge in [-0.3, -0.25) is 0 Å². The third-order valence-corrected chi connectivity index (χ3v) is 2.60. The number of alkyl halides is 4. The van der Waals surface area contributed by atoms with Crippen LogP contribution < -0.4 is 0 Å². The monoisotopic (exact) mass is 296 g/mol. The molecule has 0 radical (unpaired) electrons. The lowest BCUT2D eigenvalue weighted by molar-refractivity contribution is -0.138. The Balaban J connectivity index is 3.33. The summed E-state index contributed by atoms with van der Waals surface area (Å²) >= 11 is 3.10. The summed E-state index contributed by atoms with van der Waals surface area (Å²) in [4.78, 5) is 11.2. The Kier molecular flexibility index (Phi) is 3.96. The molecule has 0 aliphatic heterocycles. The Bertz CT molecular complexity index is 402. The van der Waals surface area contributed by atoms with E-state index in [9.17, 15) is 18.0 Å². The summed E-state index contributed by atoms with van der Waals surface area (Å²) in [5.41, 5.74) is -0.871. The number of ether oxygens (including phenoxy) is 1. The largest absolute Gasteiger partial charge is 0.465 e. The van der Waals surface area contributed by atoms with Gasteiger partial charge in [-0.05, 0) is 17.7 Å². The van der Waals surface area contributed by atoms with E-state index in [0.29, 0.717) is 10.9 Å². The molecule has 0 saturated carbocycles. The Labute approximate surface area is 98.5 Å². The van der Waals surface area contributed by atoms with Crippen LogP contribution in [0.25, 0.3) is 0 Å². The molecule has 0 unspecified atom stereocenters. The fourth-order valence-electron chi connectivity index (χ4n) is 1.20. The lowest BCUT2D eigenvalue weighted by Crippen LogP contribution is -2.14. The van der Waals surface area contributed by atoms with Crippen molar-refractivity contribution in [3.8, 4) is 0 Å². The van der Waals surface area contributed by atoms with E-state index in [4.69, 9.17) is 0 Å². The molecule has 1 aromatic rings. The van der Waals surface area contributed by atoms with Crippen molar-refractivity contribution in [3.63, 3.8) is 0 Å². The molecule has 88 valence electrons. The number of hydrogen-bond donors (Lipinski definition) is 0. The number of benzene rings is 1. The van der Waals surface area contributed by atoms with Gasteiger partial charge in [-0.2, -0.15) is 13.2 Å². The number of carbonyl (C=O) groups is 1. The van der Waals surface area contributed by atoms with Crippen molar-refractivity contribution in [1.82, 2.24) is 0 Å². The number of hydrogen-bond acceptors (Lipinski definition) is 2. The molecule has 0 bridgehead atoms. The Morgan fingerprint density at radius 1 is 1.44 bits per heavy atom. The first-order valence-corrected chi connectivity index (χ1v) is 5.36. The average molecular weight is 297 g/mol. The van der Waals surface area contributed by atoms with Crippen molar-refractivity contribution in [2.75, 3.05) is 7.11 Å². The smallest absolute Gasteiger partial charge is 0.417 e. The molecule has 0 atom stereocenters. The van der Waals surface area contributed by atoms with E-state index in [1.807, 2.05) is 0 Å². The van der Waals surface area contributed by atoms with Gasteiger partial charge in [0.25, 0.3) is 0 Å². The van der Waals surface area contributed by atoms with E-state index in [0.717, 1.165) is 13.2 Å². The molecule has 0 aliphatic carbocycles. The fraction of sp³-hybridized carbons (Fsp3) is 0.300. The summed E-state index contributed by atoms with van der Waals surface area (Å²) in [5.74, 6) is -0.991. The molecule has 16 heavy (non-hydrogen) atoms. The summed E-state index contributed by atoms with van der Waals surface area (Å²) in [6.07, 6.45) is -4.56. The number of esters is 1. The van der Waals surface area contributed by atoms with Crippen LogP contribution in [0.5, 0.6) is 0 Å². The molecule has 0 aromatic heterocycles. The van der Waals surface area contributed by atoms with Crippen molar-refractivity contribution in [3.05, 3.63) is 34.9 Å². The minimum atomic E-state index is -4.56. The van der Waals surface area contributed by atoms with Crippen LogP contribution in [0, 0.1) is 0 Å². The molecular weight excluding hydrogens is 289 g/mol. The molecule has 0 amide bonds. The zero-order valence-electron chi connectivity index (χ0n) is 8.27. The van der Waals surface area contributed by atoms with E-state index < -0.39 is 23.3 Å². The summed E-state index contributed by atoms with van der Waals surface area (Å²) in [7, 11) is 1.04. The second-order valence-corrected chi connectivity index (χ2v) is 3.56. The van der Waals surface area contributed by atoms with E-state index >= 15 is 0 Å².